The van der Waals surface area contributed by atoms with Crippen LogP contribution < -0.4 is 10.6 Å². The highest BCUT2D eigenvalue weighted by molar-refractivity contribution is 5.94. The lowest BCUT2D eigenvalue weighted by atomic mass is 10.0. The molecule has 0 bridgehead atoms. The Bertz CT molecular complexity index is 515. The normalized spacial score (nSPS) is 10.2. The van der Waals surface area contributed by atoms with Gasteiger partial charge in [-0.05, 0) is 50.5 Å². The molecule has 0 heterocycles. The number of aryl methyl sites for hydroxylation is 1. The minimum absolute atomic E-state index is 0.196. The lowest BCUT2D eigenvalue weighted by Gasteiger charge is -2.11. The second-order valence-corrected chi connectivity index (χ2v) is 4.70. The smallest absolute Gasteiger partial charge is 0.336 e. The van der Waals surface area contributed by atoms with Gasteiger partial charge in [-0.2, -0.15) is 0 Å². The van der Waals surface area contributed by atoms with Gasteiger partial charge < -0.3 is 20.5 Å². The highest BCUT2D eigenvalue weighted by atomic mass is 16.5. The number of rotatable bonds is 7. The fourth-order valence-electron chi connectivity index (χ4n) is 1.85. The summed E-state index contributed by atoms with van der Waals surface area (Å²) in [5.41, 5.74) is 2.19. The summed E-state index contributed by atoms with van der Waals surface area (Å²) in [6.07, 6.45) is 0.731. The molecule has 6 heteroatoms. The molecule has 0 spiro atoms. The van der Waals surface area contributed by atoms with Gasteiger partial charge in [-0.1, -0.05) is 0 Å². The zero-order valence-corrected chi connectivity index (χ0v) is 12.7. The van der Waals surface area contributed by atoms with E-state index < -0.39 is 5.97 Å². The van der Waals surface area contributed by atoms with Gasteiger partial charge in [0.15, 0.2) is 0 Å². The summed E-state index contributed by atoms with van der Waals surface area (Å²) >= 11 is 0. The van der Waals surface area contributed by atoms with Crippen molar-refractivity contribution in [2.24, 2.45) is 0 Å². The maximum atomic E-state index is 11.7. The molecule has 0 saturated carbocycles. The van der Waals surface area contributed by atoms with E-state index in [1.54, 1.807) is 13.0 Å². The quantitative estimate of drug-likeness (QED) is 0.674. The van der Waals surface area contributed by atoms with Crippen LogP contribution in [0.4, 0.5) is 10.5 Å². The van der Waals surface area contributed by atoms with Crippen molar-refractivity contribution >= 4 is 17.7 Å². The summed E-state index contributed by atoms with van der Waals surface area (Å²) in [4.78, 5) is 22.9. The molecule has 6 nitrogen and oxygen atoms in total. The Morgan fingerprint density at radius 2 is 2.00 bits per heavy atom. The monoisotopic (exact) mass is 294 g/mol. The molecule has 0 aliphatic carbocycles. The number of carbonyl (C=O) groups excluding carboxylic acids is 1. The third-order valence-electron chi connectivity index (χ3n) is 3.11. The Labute approximate surface area is 124 Å². The van der Waals surface area contributed by atoms with E-state index in [2.05, 4.69) is 10.6 Å². The lowest BCUT2D eigenvalue weighted by molar-refractivity contribution is 0.0696. The number of aromatic carboxylic acids is 1. The molecule has 1 aromatic carbocycles. The predicted molar refractivity (Wildman–Crippen MR) is 81.0 cm³/mol. The van der Waals surface area contributed by atoms with Crippen molar-refractivity contribution in [1.82, 2.24) is 5.32 Å². The van der Waals surface area contributed by atoms with Crippen molar-refractivity contribution < 1.29 is 19.4 Å². The van der Waals surface area contributed by atoms with E-state index in [4.69, 9.17) is 9.84 Å². The average molecular weight is 294 g/mol. The van der Waals surface area contributed by atoms with Gasteiger partial charge in [0, 0.05) is 25.4 Å². The number of carboxylic acids is 1. The third-order valence-corrected chi connectivity index (χ3v) is 3.11. The Morgan fingerprint density at radius 3 is 2.62 bits per heavy atom. The molecule has 0 atom stereocenters. The summed E-state index contributed by atoms with van der Waals surface area (Å²) in [6, 6.07) is 2.86. The van der Waals surface area contributed by atoms with Gasteiger partial charge in [-0.3, -0.25) is 0 Å². The zero-order chi connectivity index (χ0) is 15.8. The van der Waals surface area contributed by atoms with Crippen molar-refractivity contribution in [3.8, 4) is 0 Å². The first-order chi connectivity index (χ1) is 9.95. The number of benzene rings is 1. The van der Waals surface area contributed by atoms with Crippen molar-refractivity contribution in [1.29, 1.82) is 0 Å². The summed E-state index contributed by atoms with van der Waals surface area (Å²) < 4.78 is 5.17. The maximum absolute atomic E-state index is 11.7. The van der Waals surface area contributed by atoms with E-state index in [0.717, 1.165) is 12.0 Å². The number of hydrogen-bond donors (Lipinski definition) is 3. The predicted octanol–water partition coefficient (Wildman–Crippen LogP) is 2.55. The summed E-state index contributed by atoms with van der Waals surface area (Å²) in [5, 5.41) is 14.5. The van der Waals surface area contributed by atoms with Gasteiger partial charge in [0.25, 0.3) is 0 Å². The van der Waals surface area contributed by atoms with E-state index in [1.807, 2.05) is 13.8 Å². The molecule has 0 aliphatic rings. The number of amides is 2. The van der Waals surface area contributed by atoms with E-state index in [0.29, 0.717) is 31.0 Å². The van der Waals surface area contributed by atoms with Crippen LogP contribution in [-0.2, 0) is 4.74 Å². The molecule has 116 valence electrons. The van der Waals surface area contributed by atoms with Crippen molar-refractivity contribution in [2.75, 3.05) is 25.1 Å². The fourth-order valence-corrected chi connectivity index (χ4v) is 1.85. The third kappa shape index (κ3) is 5.43. The molecule has 2 amide bonds. The zero-order valence-electron chi connectivity index (χ0n) is 12.7. The van der Waals surface area contributed by atoms with Crippen LogP contribution in [0.1, 0.15) is 34.8 Å². The van der Waals surface area contributed by atoms with Crippen LogP contribution in [0.3, 0.4) is 0 Å². The molecular formula is C15H22N2O4. The molecule has 0 aromatic heterocycles. The van der Waals surface area contributed by atoms with E-state index >= 15 is 0 Å². The first-order valence-corrected chi connectivity index (χ1v) is 6.92. The van der Waals surface area contributed by atoms with Crippen LogP contribution in [0.5, 0.6) is 0 Å². The first kappa shape index (κ1) is 17.0. The van der Waals surface area contributed by atoms with Gasteiger partial charge in [0.2, 0.25) is 0 Å². The highest BCUT2D eigenvalue weighted by Gasteiger charge is 2.12. The second-order valence-electron chi connectivity index (χ2n) is 4.70. The van der Waals surface area contributed by atoms with Crippen LogP contribution in [0, 0.1) is 13.8 Å². The molecular weight excluding hydrogens is 272 g/mol. The fraction of sp³-hybridized carbons (Fsp3) is 0.467. The molecule has 0 aliphatic heterocycles. The minimum atomic E-state index is -1.00. The Balaban J connectivity index is 2.58. The number of ether oxygens (including phenoxy) is 1. The van der Waals surface area contributed by atoms with E-state index in [-0.39, 0.29) is 11.6 Å². The van der Waals surface area contributed by atoms with Gasteiger partial charge >= 0.3 is 12.0 Å². The van der Waals surface area contributed by atoms with Crippen molar-refractivity contribution in [2.45, 2.75) is 27.2 Å². The van der Waals surface area contributed by atoms with Gasteiger partial charge in [-0.15, -0.1) is 0 Å². The average Bonchev–Trinajstić information content (AvgIpc) is 2.42. The van der Waals surface area contributed by atoms with E-state index in [9.17, 15) is 9.59 Å². The first-order valence-electron chi connectivity index (χ1n) is 6.92. The maximum Gasteiger partial charge on any atom is 0.336 e. The molecule has 21 heavy (non-hydrogen) atoms. The van der Waals surface area contributed by atoms with Crippen molar-refractivity contribution in [3.05, 3.63) is 28.8 Å². The second kappa shape index (κ2) is 8.26. The molecule has 1 rings (SSSR count). The Kier molecular flexibility index (Phi) is 6.68. The lowest BCUT2D eigenvalue weighted by Crippen LogP contribution is -2.30. The van der Waals surface area contributed by atoms with Crippen LogP contribution >= 0.6 is 0 Å². The number of urea groups is 1. The Morgan fingerprint density at radius 1 is 1.29 bits per heavy atom. The van der Waals surface area contributed by atoms with Crippen molar-refractivity contribution in [3.63, 3.8) is 0 Å². The molecule has 0 radical (unpaired) electrons. The molecule has 0 unspecified atom stereocenters. The Hall–Kier alpha value is -2.08. The molecule has 0 fully saturated rings. The minimum Gasteiger partial charge on any atom is -0.478 e. The number of anilines is 1. The molecule has 0 saturated heterocycles. The number of carboxylic acid groups (broad SMARTS) is 1. The largest absolute Gasteiger partial charge is 0.478 e. The van der Waals surface area contributed by atoms with E-state index in [1.165, 1.54) is 6.07 Å². The SMILES string of the molecule is CCOCCCNC(=O)Nc1cc(C)c(C)c(C(=O)O)c1. The van der Waals surface area contributed by atoms with Crippen LogP contribution in [0.2, 0.25) is 0 Å². The number of hydrogen-bond acceptors (Lipinski definition) is 3. The number of nitrogens with one attached hydrogen (secondary N) is 2. The number of carbonyl (C=O) groups is 2. The highest BCUT2D eigenvalue weighted by Crippen LogP contribution is 2.19. The van der Waals surface area contributed by atoms with Gasteiger partial charge in [0.1, 0.15) is 0 Å². The van der Waals surface area contributed by atoms with Crippen LogP contribution in [0.25, 0.3) is 0 Å². The van der Waals surface area contributed by atoms with Crippen LogP contribution in [-0.4, -0.2) is 36.9 Å². The van der Waals surface area contributed by atoms with Gasteiger partial charge in [0.05, 0.1) is 5.56 Å². The standard InChI is InChI=1S/C15H22N2O4/c1-4-21-7-5-6-16-15(20)17-12-8-10(2)11(3)13(9-12)14(18)19/h8-9H,4-7H2,1-3H3,(H,18,19)(H2,16,17,20). The summed E-state index contributed by atoms with van der Waals surface area (Å²) in [5.74, 6) is -1.00. The summed E-state index contributed by atoms with van der Waals surface area (Å²) in [7, 11) is 0. The molecule has 3 N–H and O–H groups in total. The topological polar surface area (TPSA) is 87.7 Å². The van der Waals surface area contributed by atoms with Gasteiger partial charge in [-0.25, -0.2) is 9.59 Å². The molecule has 1 aromatic rings. The summed E-state index contributed by atoms with van der Waals surface area (Å²) in [6.45, 7) is 7.24. The van der Waals surface area contributed by atoms with Crippen LogP contribution in [0.15, 0.2) is 12.1 Å².